The minimum atomic E-state index is -0.435. The van der Waals surface area contributed by atoms with Gasteiger partial charge in [-0.3, -0.25) is 25.0 Å². The van der Waals surface area contributed by atoms with Crippen molar-refractivity contribution in [2.45, 2.75) is 19.4 Å². The van der Waals surface area contributed by atoms with Crippen molar-refractivity contribution in [2.24, 2.45) is 5.73 Å². The van der Waals surface area contributed by atoms with Gasteiger partial charge in [0, 0.05) is 25.2 Å². The van der Waals surface area contributed by atoms with Crippen LogP contribution in [-0.4, -0.2) is 51.8 Å². The zero-order valence-electron chi connectivity index (χ0n) is 16.6. The Balaban J connectivity index is 1.62. The molecule has 1 aromatic carbocycles. The van der Waals surface area contributed by atoms with E-state index in [1.54, 1.807) is 24.4 Å². The fourth-order valence-electron chi connectivity index (χ4n) is 3.58. The number of hydrogen-bond donors (Lipinski definition) is 3. The molecule has 1 fully saturated rings. The number of carbonyl (C=O) groups excluding carboxylic acids is 1. The summed E-state index contributed by atoms with van der Waals surface area (Å²) in [5.74, 6) is 0.356. The van der Waals surface area contributed by atoms with Gasteiger partial charge in [-0.2, -0.15) is 0 Å². The minimum Gasteiger partial charge on any atom is -0.454 e. The minimum absolute atomic E-state index is 0.265. The number of hydrogen-bond acceptors (Lipinski definition) is 5. The number of fused-ring (bicyclic) bond motifs is 1. The molecule has 0 atom stereocenters. The average Bonchev–Trinajstić information content (AvgIpc) is 3.40. The number of carbonyl (C=O) groups is 1. The number of H-pyrrole nitrogens is 1. The Morgan fingerprint density at radius 1 is 1.33 bits per heavy atom. The van der Waals surface area contributed by atoms with E-state index in [4.69, 9.17) is 27.5 Å². The van der Waals surface area contributed by atoms with Crippen molar-refractivity contribution in [1.29, 1.82) is 5.41 Å². The molecule has 3 heterocycles. The van der Waals surface area contributed by atoms with Gasteiger partial charge in [-0.05, 0) is 55.8 Å². The van der Waals surface area contributed by atoms with E-state index in [1.807, 2.05) is 12.3 Å². The summed E-state index contributed by atoms with van der Waals surface area (Å²) in [6.07, 6.45) is 5.98. The number of rotatable bonds is 5. The van der Waals surface area contributed by atoms with Gasteiger partial charge in [0.05, 0.1) is 16.7 Å². The Labute approximate surface area is 179 Å². The van der Waals surface area contributed by atoms with Crippen LogP contribution in [0.2, 0.25) is 5.02 Å². The number of ether oxygens (including phenoxy) is 1. The third-order valence-electron chi connectivity index (χ3n) is 5.20. The summed E-state index contributed by atoms with van der Waals surface area (Å²) < 4.78 is 6.09. The molecule has 0 radical (unpaired) electrons. The predicted molar refractivity (Wildman–Crippen MR) is 116 cm³/mol. The van der Waals surface area contributed by atoms with Crippen LogP contribution in [0.1, 0.15) is 28.9 Å². The van der Waals surface area contributed by atoms with Crippen LogP contribution in [-0.2, 0) is 6.54 Å². The maximum atomic E-state index is 12.5. The van der Waals surface area contributed by atoms with Crippen molar-refractivity contribution in [2.75, 3.05) is 20.1 Å². The fourth-order valence-corrected chi connectivity index (χ4v) is 3.79. The van der Waals surface area contributed by atoms with Gasteiger partial charge in [-0.25, -0.2) is 0 Å². The van der Waals surface area contributed by atoms with Crippen molar-refractivity contribution in [3.05, 3.63) is 52.9 Å². The second-order valence-electron chi connectivity index (χ2n) is 7.38. The summed E-state index contributed by atoms with van der Waals surface area (Å²) in [4.78, 5) is 23.3. The summed E-state index contributed by atoms with van der Waals surface area (Å²) in [7, 11) is 1.44. The Kier molecular flexibility index (Phi) is 5.61. The quantitative estimate of drug-likeness (QED) is 0.426. The number of nitrogens with two attached hydrogens (primary N) is 1. The van der Waals surface area contributed by atoms with Crippen LogP contribution in [0.3, 0.4) is 0 Å². The van der Waals surface area contributed by atoms with Crippen LogP contribution in [0, 0.1) is 5.41 Å². The lowest BCUT2D eigenvalue weighted by Gasteiger charge is -2.15. The second kappa shape index (κ2) is 8.33. The Hall–Kier alpha value is -3.10. The number of guanidine groups is 1. The first-order valence-corrected chi connectivity index (χ1v) is 10.1. The van der Waals surface area contributed by atoms with E-state index in [-0.39, 0.29) is 11.7 Å². The molecule has 0 saturated carbocycles. The number of likely N-dealkylation sites (tertiary alicyclic amines) is 1. The summed E-state index contributed by atoms with van der Waals surface area (Å²) >= 11 is 6.33. The number of aromatic amines is 1. The highest BCUT2D eigenvalue weighted by molar-refractivity contribution is 6.35. The third kappa shape index (κ3) is 4.10. The zero-order valence-corrected chi connectivity index (χ0v) is 17.4. The van der Waals surface area contributed by atoms with Gasteiger partial charge < -0.3 is 15.5 Å². The van der Waals surface area contributed by atoms with Crippen molar-refractivity contribution in [3.8, 4) is 11.5 Å². The highest BCUT2D eigenvalue weighted by atomic mass is 35.5. The van der Waals surface area contributed by atoms with E-state index in [9.17, 15) is 4.79 Å². The molecule has 30 heavy (non-hydrogen) atoms. The number of halogens is 1. The SMILES string of the molecule is CN(C(=N)N)C(=O)c1cc2c(Cl)ccc(Oc3cncc(CN4CCCC4)c3)c2[nH]1. The van der Waals surface area contributed by atoms with Crippen LogP contribution in [0.25, 0.3) is 10.9 Å². The summed E-state index contributed by atoms with van der Waals surface area (Å²) in [6.45, 7) is 3.06. The van der Waals surface area contributed by atoms with Gasteiger partial charge in [-0.15, -0.1) is 0 Å². The van der Waals surface area contributed by atoms with Crippen molar-refractivity contribution >= 4 is 34.4 Å². The Morgan fingerprint density at radius 2 is 2.10 bits per heavy atom. The largest absolute Gasteiger partial charge is 0.454 e. The maximum Gasteiger partial charge on any atom is 0.276 e. The van der Waals surface area contributed by atoms with Gasteiger partial charge in [0.1, 0.15) is 11.4 Å². The van der Waals surface area contributed by atoms with Crippen molar-refractivity contribution in [1.82, 2.24) is 19.8 Å². The Bertz CT molecular complexity index is 1110. The van der Waals surface area contributed by atoms with Crippen LogP contribution in [0.15, 0.2) is 36.7 Å². The lowest BCUT2D eigenvalue weighted by atomic mass is 10.2. The van der Waals surface area contributed by atoms with Gasteiger partial charge >= 0.3 is 0 Å². The first-order chi connectivity index (χ1) is 14.4. The van der Waals surface area contributed by atoms with E-state index in [0.717, 1.165) is 30.1 Å². The van der Waals surface area contributed by atoms with Gasteiger partial charge in [0.25, 0.3) is 5.91 Å². The van der Waals surface area contributed by atoms with E-state index in [2.05, 4.69) is 14.9 Å². The first-order valence-electron chi connectivity index (χ1n) is 9.70. The maximum absolute atomic E-state index is 12.5. The molecule has 1 amide bonds. The molecular weight excluding hydrogens is 404 g/mol. The van der Waals surface area contributed by atoms with Crippen LogP contribution < -0.4 is 10.5 Å². The van der Waals surface area contributed by atoms with Gasteiger partial charge in [0.2, 0.25) is 0 Å². The van der Waals surface area contributed by atoms with E-state index in [0.29, 0.717) is 27.4 Å². The molecule has 0 bridgehead atoms. The molecule has 0 aliphatic carbocycles. The van der Waals surface area contributed by atoms with Gasteiger partial charge in [0.15, 0.2) is 11.7 Å². The molecule has 1 saturated heterocycles. The normalized spacial score (nSPS) is 14.2. The number of pyridine rings is 1. The Morgan fingerprint density at radius 3 is 2.83 bits per heavy atom. The van der Waals surface area contributed by atoms with Crippen molar-refractivity contribution < 1.29 is 9.53 Å². The standard InChI is InChI=1S/C21H23ClN6O2/c1-27(21(23)24)20(29)17-9-15-16(22)4-5-18(19(15)26-17)30-14-8-13(10-25-11-14)12-28-6-2-3-7-28/h4-5,8-11,26H,2-3,6-7,12H2,1H3,(H3,23,24). The highest BCUT2D eigenvalue weighted by Gasteiger charge is 2.19. The molecule has 8 nitrogen and oxygen atoms in total. The molecule has 9 heteroatoms. The van der Waals surface area contributed by atoms with Crippen molar-refractivity contribution in [3.63, 3.8) is 0 Å². The van der Waals surface area contributed by atoms with Crippen LogP contribution >= 0.6 is 11.6 Å². The van der Waals surface area contributed by atoms with Gasteiger partial charge in [-0.1, -0.05) is 11.6 Å². The number of benzene rings is 1. The molecule has 1 aliphatic heterocycles. The molecule has 4 N–H and O–H groups in total. The first kappa shape index (κ1) is 20.2. The number of aromatic nitrogens is 2. The smallest absolute Gasteiger partial charge is 0.276 e. The average molecular weight is 427 g/mol. The predicted octanol–water partition coefficient (Wildman–Crippen LogP) is 3.57. The molecule has 0 spiro atoms. The van der Waals surface area contributed by atoms with E-state index < -0.39 is 5.91 Å². The number of nitrogens with zero attached hydrogens (tertiary/aromatic N) is 3. The molecule has 0 unspecified atom stereocenters. The molecule has 1 aliphatic rings. The zero-order chi connectivity index (χ0) is 21.3. The summed E-state index contributed by atoms with van der Waals surface area (Å²) in [6, 6.07) is 7.08. The summed E-state index contributed by atoms with van der Waals surface area (Å²) in [5, 5.41) is 8.59. The molecule has 3 aromatic rings. The molecule has 156 valence electrons. The number of amides is 1. The highest BCUT2D eigenvalue weighted by Crippen LogP contribution is 2.34. The molecule has 4 rings (SSSR count). The molecular formula is C21H23ClN6O2. The lowest BCUT2D eigenvalue weighted by molar-refractivity contribution is 0.0864. The topological polar surface area (TPSA) is 111 Å². The molecule has 2 aromatic heterocycles. The second-order valence-corrected chi connectivity index (χ2v) is 7.79. The monoisotopic (exact) mass is 426 g/mol. The third-order valence-corrected chi connectivity index (χ3v) is 5.53. The van der Waals surface area contributed by atoms with Crippen LogP contribution in [0.5, 0.6) is 11.5 Å². The fraction of sp³-hybridized carbons (Fsp3) is 0.286. The lowest BCUT2D eigenvalue weighted by Crippen LogP contribution is -2.38. The van der Waals surface area contributed by atoms with Crippen LogP contribution in [0.4, 0.5) is 0 Å². The summed E-state index contributed by atoms with van der Waals surface area (Å²) in [5.41, 5.74) is 7.36. The number of nitrogens with one attached hydrogen (secondary N) is 2. The van der Waals surface area contributed by atoms with E-state index in [1.165, 1.54) is 19.9 Å². The van der Waals surface area contributed by atoms with E-state index >= 15 is 0 Å².